The molecule has 1 aliphatic rings. The summed E-state index contributed by atoms with van der Waals surface area (Å²) in [7, 11) is 0. The Balaban J connectivity index is 1.95. The van der Waals surface area contributed by atoms with Gasteiger partial charge >= 0.3 is 0 Å². The molecule has 5 nitrogen and oxygen atoms in total. The molecule has 0 saturated heterocycles. The van der Waals surface area contributed by atoms with Crippen LogP contribution >= 0.6 is 11.3 Å². The fraction of sp³-hybridized carbons (Fsp3) is 0.571. The minimum Gasteiger partial charge on any atom is -0.396 e. The molecule has 0 radical (unpaired) electrons. The standard InChI is InChI=1S/C14H20N2O3S/c1-8(7-17)6-15-14(19)12-9(2)5-11(20-12)16-13(18)10-3-4-10/h5,8,10,17H,3-4,6-7H2,1-2H3,(H,15,19)(H,16,18). The Kier molecular flexibility index (Phi) is 4.77. The van der Waals surface area contributed by atoms with E-state index in [0.29, 0.717) is 11.4 Å². The second kappa shape index (κ2) is 6.37. The lowest BCUT2D eigenvalue weighted by Crippen LogP contribution is -2.29. The van der Waals surface area contributed by atoms with Gasteiger partial charge in [0.05, 0.1) is 9.88 Å². The van der Waals surface area contributed by atoms with Crippen LogP contribution < -0.4 is 10.6 Å². The summed E-state index contributed by atoms with van der Waals surface area (Å²) >= 11 is 1.29. The normalized spacial score (nSPS) is 15.8. The minimum atomic E-state index is -0.153. The molecule has 1 saturated carbocycles. The van der Waals surface area contributed by atoms with E-state index in [-0.39, 0.29) is 30.3 Å². The highest BCUT2D eigenvalue weighted by atomic mass is 32.1. The van der Waals surface area contributed by atoms with E-state index < -0.39 is 0 Å². The van der Waals surface area contributed by atoms with E-state index in [4.69, 9.17) is 5.11 Å². The summed E-state index contributed by atoms with van der Waals surface area (Å²) < 4.78 is 0. The van der Waals surface area contributed by atoms with Crippen molar-refractivity contribution in [2.75, 3.05) is 18.5 Å². The highest BCUT2D eigenvalue weighted by Crippen LogP contribution is 2.32. The minimum absolute atomic E-state index is 0.0354. The second-order valence-electron chi connectivity index (χ2n) is 5.38. The number of aliphatic hydroxyl groups excluding tert-OH is 1. The van der Waals surface area contributed by atoms with Gasteiger partial charge in [-0.2, -0.15) is 0 Å². The first-order valence-corrected chi connectivity index (χ1v) is 7.63. The van der Waals surface area contributed by atoms with Gasteiger partial charge in [-0.15, -0.1) is 11.3 Å². The molecule has 3 N–H and O–H groups in total. The van der Waals surface area contributed by atoms with Crippen molar-refractivity contribution < 1.29 is 14.7 Å². The third-order valence-electron chi connectivity index (χ3n) is 3.24. The molecule has 0 spiro atoms. The van der Waals surface area contributed by atoms with Gasteiger partial charge in [0, 0.05) is 19.1 Å². The Morgan fingerprint density at radius 2 is 2.20 bits per heavy atom. The number of rotatable bonds is 6. The SMILES string of the molecule is Cc1cc(NC(=O)C2CC2)sc1C(=O)NCC(C)CO. The number of carbonyl (C=O) groups excluding carboxylic acids is 2. The van der Waals surface area contributed by atoms with Crippen molar-refractivity contribution in [2.45, 2.75) is 26.7 Å². The van der Waals surface area contributed by atoms with Crippen molar-refractivity contribution in [3.05, 3.63) is 16.5 Å². The molecule has 6 heteroatoms. The summed E-state index contributed by atoms with van der Waals surface area (Å²) in [5.41, 5.74) is 0.857. The summed E-state index contributed by atoms with van der Waals surface area (Å²) in [6.07, 6.45) is 1.92. The first kappa shape index (κ1) is 15.0. The van der Waals surface area contributed by atoms with Gasteiger partial charge in [-0.25, -0.2) is 0 Å². The lowest BCUT2D eigenvalue weighted by molar-refractivity contribution is -0.117. The molecule has 2 amide bonds. The molecule has 1 aromatic rings. The number of thiophene rings is 1. The molecule has 0 aliphatic heterocycles. The van der Waals surface area contributed by atoms with E-state index in [0.717, 1.165) is 23.4 Å². The van der Waals surface area contributed by atoms with Crippen LogP contribution in [0.25, 0.3) is 0 Å². The van der Waals surface area contributed by atoms with E-state index >= 15 is 0 Å². The fourth-order valence-electron chi connectivity index (χ4n) is 1.75. The van der Waals surface area contributed by atoms with E-state index in [1.807, 2.05) is 19.9 Å². The van der Waals surface area contributed by atoms with Crippen molar-refractivity contribution in [1.82, 2.24) is 5.32 Å². The first-order valence-electron chi connectivity index (χ1n) is 6.81. The maximum absolute atomic E-state index is 12.0. The number of carbonyl (C=O) groups is 2. The summed E-state index contributed by atoms with van der Waals surface area (Å²) in [6, 6.07) is 1.83. The van der Waals surface area contributed by atoms with E-state index in [1.165, 1.54) is 11.3 Å². The van der Waals surface area contributed by atoms with Crippen molar-refractivity contribution in [3.63, 3.8) is 0 Å². The third kappa shape index (κ3) is 3.80. The molecule has 2 rings (SSSR count). The highest BCUT2D eigenvalue weighted by molar-refractivity contribution is 7.18. The van der Waals surface area contributed by atoms with Gasteiger partial charge in [-0.3, -0.25) is 9.59 Å². The van der Waals surface area contributed by atoms with E-state index in [1.54, 1.807) is 0 Å². The molecule has 0 bridgehead atoms. The van der Waals surface area contributed by atoms with Crippen LogP contribution in [0.3, 0.4) is 0 Å². The summed E-state index contributed by atoms with van der Waals surface area (Å²) in [5, 5.41) is 15.3. The molecule has 1 unspecified atom stereocenters. The zero-order chi connectivity index (χ0) is 14.7. The molecule has 1 atom stereocenters. The van der Waals surface area contributed by atoms with Crippen LogP contribution in [0, 0.1) is 18.8 Å². The number of anilines is 1. The van der Waals surface area contributed by atoms with Gasteiger partial charge in [-0.05, 0) is 37.3 Å². The quantitative estimate of drug-likeness (QED) is 0.748. The molecular weight excluding hydrogens is 276 g/mol. The Morgan fingerprint density at radius 1 is 1.50 bits per heavy atom. The van der Waals surface area contributed by atoms with Gasteiger partial charge in [0.25, 0.3) is 5.91 Å². The lowest BCUT2D eigenvalue weighted by atomic mass is 10.2. The predicted molar refractivity (Wildman–Crippen MR) is 79.0 cm³/mol. The lowest BCUT2D eigenvalue weighted by Gasteiger charge is -2.08. The van der Waals surface area contributed by atoms with Crippen LogP contribution in [0.4, 0.5) is 5.00 Å². The molecular formula is C14H20N2O3S. The molecule has 1 fully saturated rings. The molecule has 20 heavy (non-hydrogen) atoms. The number of aryl methyl sites for hydroxylation is 1. The Hall–Kier alpha value is -1.40. The second-order valence-corrected chi connectivity index (χ2v) is 6.44. The predicted octanol–water partition coefficient (Wildman–Crippen LogP) is 1.76. The number of nitrogens with one attached hydrogen (secondary N) is 2. The molecule has 1 aromatic heterocycles. The van der Waals surface area contributed by atoms with Gasteiger partial charge in [0.1, 0.15) is 0 Å². The highest BCUT2D eigenvalue weighted by Gasteiger charge is 2.30. The van der Waals surface area contributed by atoms with Gasteiger partial charge in [-0.1, -0.05) is 6.92 Å². The van der Waals surface area contributed by atoms with Crippen LogP contribution in [0.1, 0.15) is 35.0 Å². The third-order valence-corrected chi connectivity index (χ3v) is 4.39. The maximum Gasteiger partial charge on any atom is 0.261 e. The summed E-state index contributed by atoms with van der Waals surface area (Å²) in [5.74, 6) is 0.0835. The largest absolute Gasteiger partial charge is 0.396 e. The smallest absolute Gasteiger partial charge is 0.261 e. The molecule has 1 aliphatic carbocycles. The van der Waals surface area contributed by atoms with E-state index in [9.17, 15) is 9.59 Å². The average molecular weight is 296 g/mol. The van der Waals surface area contributed by atoms with Crippen molar-refractivity contribution in [1.29, 1.82) is 0 Å². The number of hydrogen-bond acceptors (Lipinski definition) is 4. The van der Waals surface area contributed by atoms with Crippen molar-refractivity contribution >= 4 is 28.2 Å². The van der Waals surface area contributed by atoms with Crippen molar-refractivity contribution in [3.8, 4) is 0 Å². The maximum atomic E-state index is 12.0. The Bertz CT molecular complexity index is 509. The monoisotopic (exact) mass is 296 g/mol. The average Bonchev–Trinajstić information content (AvgIpc) is 3.20. The van der Waals surface area contributed by atoms with Crippen LogP contribution in [0.15, 0.2) is 6.07 Å². The zero-order valence-electron chi connectivity index (χ0n) is 11.7. The van der Waals surface area contributed by atoms with Crippen LogP contribution in [0.5, 0.6) is 0 Å². The summed E-state index contributed by atoms with van der Waals surface area (Å²) in [6.45, 7) is 4.21. The Morgan fingerprint density at radius 3 is 2.80 bits per heavy atom. The Labute approximate surface area is 122 Å². The van der Waals surface area contributed by atoms with Crippen LogP contribution in [0.2, 0.25) is 0 Å². The molecule has 110 valence electrons. The van der Waals surface area contributed by atoms with E-state index in [2.05, 4.69) is 10.6 Å². The number of aliphatic hydroxyl groups is 1. The van der Waals surface area contributed by atoms with Gasteiger partial charge in [0.15, 0.2) is 0 Å². The zero-order valence-corrected chi connectivity index (χ0v) is 12.5. The van der Waals surface area contributed by atoms with Gasteiger partial charge < -0.3 is 15.7 Å². The fourth-order valence-corrected chi connectivity index (χ4v) is 2.74. The molecule has 0 aromatic carbocycles. The van der Waals surface area contributed by atoms with Crippen LogP contribution in [-0.4, -0.2) is 30.1 Å². The van der Waals surface area contributed by atoms with Gasteiger partial charge in [0.2, 0.25) is 5.91 Å². The van der Waals surface area contributed by atoms with Crippen LogP contribution in [-0.2, 0) is 4.79 Å². The topological polar surface area (TPSA) is 78.4 Å². The van der Waals surface area contributed by atoms with Crippen molar-refractivity contribution in [2.24, 2.45) is 11.8 Å². The molecule has 1 heterocycles. The number of amides is 2. The summed E-state index contributed by atoms with van der Waals surface area (Å²) in [4.78, 5) is 24.3. The first-order chi connectivity index (χ1) is 9.51. The number of hydrogen-bond donors (Lipinski definition) is 3.